The van der Waals surface area contributed by atoms with Crippen LogP contribution in [0.1, 0.15) is 16.2 Å². The summed E-state index contributed by atoms with van der Waals surface area (Å²) >= 11 is 3.18. The summed E-state index contributed by atoms with van der Waals surface area (Å²) in [5.74, 6) is 0.0287. The summed E-state index contributed by atoms with van der Waals surface area (Å²) in [5, 5.41) is 5.29. The smallest absolute Gasteiger partial charge is 0.226 e. The number of carbonyl (C=O) groups is 1. The molecule has 0 fully saturated rings. The molecule has 0 spiro atoms. The minimum atomic E-state index is 0.0287. The van der Waals surface area contributed by atoms with Gasteiger partial charge in [-0.3, -0.25) is 4.79 Å². The summed E-state index contributed by atoms with van der Waals surface area (Å²) < 4.78 is 0. The van der Waals surface area contributed by atoms with E-state index in [-0.39, 0.29) is 5.91 Å². The van der Waals surface area contributed by atoms with Gasteiger partial charge in [0, 0.05) is 27.8 Å². The lowest BCUT2D eigenvalue weighted by Crippen LogP contribution is -2.11. The molecule has 5 heteroatoms. The van der Waals surface area contributed by atoms with Gasteiger partial charge in [-0.2, -0.15) is 0 Å². The summed E-state index contributed by atoms with van der Waals surface area (Å²) in [6.45, 7) is 2.07. The summed E-state index contributed by atoms with van der Waals surface area (Å²) in [7, 11) is 0. The molecule has 2 rings (SSSR count). The molecule has 84 valence electrons. The van der Waals surface area contributed by atoms with Crippen molar-refractivity contribution in [2.24, 2.45) is 0 Å². The van der Waals surface area contributed by atoms with Crippen LogP contribution in [-0.2, 0) is 11.2 Å². The van der Waals surface area contributed by atoms with Gasteiger partial charge in [-0.05, 0) is 25.5 Å². The van der Waals surface area contributed by atoms with Crippen molar-refractivity contribution in [3.05, 3.63) is 33.5 Å². The third kappa shape index (κ3) is 3.15. The van der Waals surface area contributed by atoms with Crippen LogP contribution in [0.3, 0.4) is 0 Å². The van der Waals surface area contributed by atoms with E-state index in [1.165, 1.54) is 21.1 Å². The van der Waals surface area contributed by atoms with Gasteiger partial charge in [0.15, 0.2) is 5.13 Å². The number of aryl methyl sites for hydroxylation is 2. The topological polar surface area (TPSA) is 42.0 Å². The molecule has 0 aliphatic carbocycles. The van der Waals surface area contributed by atoms with E-state index in [1.807, 2.05) is 5.38 Å². The van der Waals surface area contributed by atoms with Crippen LogP contribution < -0.4 is 5.32 Å². The summed E-state index contributed by atoms with van der Waals surface area (Å²) in [6.07, 6.45) is 3.00. The average Bonchev–Trinajstić information content (AvgIpc) is 2.87. The van der Waals surface area contributed by atoms with Gasteiger partial charge >= 0.3 is 0 Å². The molecular weight excluding hydrogens is 240 g/mol. The first-order chi connectivity index (χ1) is 7.74. The van der Waals surface area contributed by atoms with Crippen LogP contribution >= 0.6 is 22.7 Å². The second-order valence-electron chi connectivity index (χ2n) is 3.40. The van der Waals surface area contributed by atoms with E-state index in [1.54, 1.807) is 17.5 Å². The van der Waals surface area contributed by atoms with Gasteiger partial charge < -0.3 is 5.32 Å². The quantitative estimate of drug-likeness (QED) is 0.908. The molecule has 2 heterocycles. The Morgan fingerprint density at radius 1 is 1.50 bits per heavy atom. The maximum Gasteiger partial charge on any atom is 0.226 e. The zero-order chi connectivity index (χ0) is 11.4. The largest absolute Gasteiger partial charge is 0.302 e. The molecule has 1 N–H and O–H groups in total. The molecule has 1 amide bonds. The molecule has 0 saturated heterocycles. The fraction of sp³-hybridized carbons (Fsp3) is 0.273. The predicted molar refractivity (Wildman–Crippen MR) is 68.1 cm³/mol. The van der Waals surface area contributed by atoms with Crippen LogP contribution in [0.4, 0.5) is 5.13 Å². The Hall–Kier alpha value is -1.20. The van der Waals surface area contributed by atoms with E-state index in [4.69, 9.17) is 0 Å². The highest BCUT2D eigenvalue weighted by Gasteiger charge is 2.05. The minimum Gasteiger partial charge on any atom is -0.302 e. The maximum atomic E-state index is 11.6. The summed E-state index contributed by atoms with van der Waals surface area (Å²) in [6, 6.07) is 4.16. The number of anilines is 1. The molecule has 0 radical (unpaired) electrons. The Kier molecular flexibility index (Phi) is 3.69. The SMILES string of the molecule is Cc1ccc(CCC(=O)Nc2nccs2)s1. The third-order valence-corrected chi connectivity index (χ3v) is 3.82. The lowest BCUT2D eigenvalue weighted by Gasteiger charge is -1.99. The van der Waals surface area contributed by atoms with E-state index in [0.717, 1.165) is 6.42 Å². The van der Waals surface area contributed by atoms with Gasteiger partial charge in [0.05, 0.1) is 0 Å². The van der Waals surface area contributed by atoms with Crippen LogP contribution in [0.15, 0.2) is 23.7 Å². The first-order valence-corrected chi connectivity index (χ1v) is 6.68. The maximum absolute atomic E-state index is 11.6. The molecule has 16 heavy (non-hydrogen) atoms. The second kappa shape index (κ2) is 5.23. The van der Waals surface area contributed by atoms with Crippen molar-refractivity contribution in [1.29, 1.82) is 0 Å². The Morgan fingerprint density at radius 3 is 3.00 bits per heavy atom. The number of nitrogens with one attached hydrogen (secondary N) is 1. The van der Waals surface area contributed by atoms with Gasteiger partial charge in [-0.15, -0.1) is 22.7 Å². The molecule has 0 atom stereocenters. The van der Waals surface area contributed by atoms with E-state index >= 15 is 0 Å². The molecule has 2 aromatic rings. The highest BCUT2D eigenvalue weighted by atomic mass is 32.1. The number of rotatable bonds is 4. The van der Waals surface area contributed by atoms with E-state index in [9.17, 15) is 4.79 Å². The molecule has 0 aliphatic heterocycles. The Bertz CT molecular complexity index is 462. The molecule has 0 aromatic carbocycles. The van der Waals surface area contributed by atoms with Gasteiger partial charge in [-0.25, -0.2) is 4.98 Å². The lowest BCUT2D eigenvalue weighted by molar-refractivity contribution is -0.116. The van der Waals surface area contributed by atoms with Crippen molar-refractivity contribution in [2.45, 2.75) is 19.8 Å². The van der Waals surface area contributed by atoms with E-state index < -0.39 is 0 Å². The zero-order valence-corrected chi connectivity index (χ0v) is 10.5. The standard InChI is InChI=1S/C11H12N2OS2/c1-8-2-3-9(16-8)4-5-10(14)13-11-12-6-7-15-11/h2-3,6-7H,4-5H2,1H3,(H,12,13,14). The fourth-order valence-electron chi connectivity index (χ4n) is 1.32. The zero-order valence-electron chi connectivity index (χ0n) is 8.90. The number of aromatic nitrogens is 1. The van der Waals surface area contributed by atoms with Gasteiger partial charge in [0.2, 0.25) is 5.91 Å². The molecular formula is C11H12N2OS2. The van der Waals surface area contributed by atoms with Crippen molar-refractivity contribution in [3.63, 3.8) is 0 Å². The number of carbonyl (C=O) groups excluding carboxylic acids is 1. The van der Waals surface area contributed by atoms with Crippen LogP contribution in [0.5, 0.6) is 0 Å². The lowest BCUT2D eigenvalue weighted by atomic mass is 10.2. The molecule has 0 bridgehead atoms. The number of nitrogens with zero attached hydrogens (tertiary/aromatic N) is 1. The molecule has 0 saturated carbocycles. The van der Waals surface area contributed by atoms with Gasteiger partial charge in [0.1, 0.15) is 0 Å². The van der Waals surface area contributed by atoms with Crippen LogP contribution in [-0.4, -0.2) is 10.9 Å². The van der Waals surface area contributed by atoms with Crippen LogP contribution in [0.25, 0.3) is 0 Å². The Morgan fingerprint density at radius 2 is 2.38 bits per heavy atom. The molecule has 3 nitrogen and oxygen atoms in total. The van der Waals surface area contributed by atoms with Crippen LogP contribution in [0.2, 0.25) is 0 Å². The minimum absolute atomic E-state index is 0.0287. The highest BCUT2D eigenvalue weighted by Crippen LogP contribution is 2.17. The third-order valence-electron chi connectivity index (χ3n) is 2.07. The first kappa shape index (κ1) is 11.3. The first-order valence-electron chi connectivity index (χ1n) is 4.99. The van der Waals surface area contributed by atoms with Gasteiger partial charge in [0.25, 0.3) is 0 Å². The number of thiazole rings is 1. The fourth-order valence-corrected chi connectivity index (χ4v) is 2.76. The average molecular weight is 252 g/mol. The molecule has 2 aromatic heterocycles. The van der Waals surface area contributed by atoms with Crippen molar-refractivity contribution in [2.75, 3.05) is 5.32 Å². The van der Waals surface area contributed by atoms with Crippen molar-refractivity contribution >= 4 is 33.7 Å². The monoisotopic (exact) mass is 252 g/mol. The Balaban J connectivity index is 1.80. The van der Waals surface area contributed by atoms with Crippen molar-refractivity contribution < 1.29 is 4.79 Å². The van der Waals surface area contributed by atoms with E-state index in [0.29, 0.717) is 11.6 Å². The number of hydrogen-bond donors (Lipinski definition) is 1. The van der Waals surface area contributed by atoms with E-state index in [2.05, 4.69) is 29.4 Å². The molecule has 0 aliphatic rings. The summed E-state index contributed by atoms with van der Waals surface area (Å²) in [5.41, 5.74) is 0. The normalized spacial score (nSPS) is 10.3. The number of hydrogen-bond acceptors (Lipinski definition) is 4. The van der Waals surface area contributed by atoms with Crippen LogP contribution in [0, 0.1) is 6.92 Å². The molecule has 0 unspecified atom stereocenters. The summed E-state index contributed by atoms with van der Waals surface area (Å²) in [4.78, 5) is 18.1. The van der Waals surface area contributed by atoms with Crippen molar-refractivity contribution in [3.8, 4) is 0 Å². The second-order valence-corrected chi connectivity index (χ2v) is 5.66. The predicted octanol–water partition coefficient (Wildman–Crippen LogP) is 3.08. The van der Waals surface area contributed by atoms with Crippen molar-refractivity contribution in [1.82, 2.24) is 4.98 Å². The van der Waals surface area contributed by atoms with Gasteiger partial charge in [-0.1, -0.05) is 0 Å². The highest BCUT2D eigenvalue weighted by molar-refractivity contribution is 7.13. The number of thiophene rings is 1. The Labute approximate surface area is 102 Å². The number of amides is 1.